The Morgan fingerprint density at radius 3 is 2.83 bits per heavy atom. The molecule has 24 heavy (non-hydrogen) atoms. The zero-order valence-corrected chi connectivity index (χ0v) is 13.2. The Balaban J connectivity index is 1.79. The van der Waals surface area contributed by atoms with Gasteiger partial charge in [0.1, 0.15) is 5.82 Å². The van der Waals surface area contributed by atoms with Gasteiger partial charge in [-0.2, -0.15) is 9.61 Å². The molecule has 122 valence electrons. The van der Waals surface area contributed by atoms with Crippen LogP contribution in [0.15, 0.2) is 42.9 Å². The molecule has 0 aliphatic carbocycles. The monoisotopic (exact) mass is 322 g/mol. The molecule has 0 saturated carbocycles. The maximum absolute atomic E-state index is 11.6. The Hall–Kier alpha value is -2.96. The molecule has 0 spiro atoms. The first kappa shape index (κ1) is 14.6. The minimum Gasteiger partial charge on any atom is -0.369 e. The molecular formula is C17H18N6O. The van der Waals surface area contributed by atoms with Crippen LogP contribution in [0.5, 0.6) is 0 Å². The van der Waals surface area contributed by atoms with Crippen molar-refractivity contribution in [3.05, 3.63) is 42.9 Å². The van der Waals surface area contributed by atoms with Crippen LogP contribution in [0, 0.1) is 5.92 Å². The smallest absolute Gasteiger partial charge is 0.222 e. The molecule has 1 saturated heterocycles. The van der Waals surface area contributed by atoms with Crippen LogP contribution < -0.4 is 10.6 Å². The zero-order valence-electron chi connectivity index (χ0n) is 13.2. The highest BCUT2D eigenvalue weighted by atomic mass is 16.1. The van der Waals surface area contributed by atoms with Crippen LogP contribution in [0.25, 0.3) is 16.9 Å². The van der Waals surface area contributed by atoms with E-state index in [4.69, 9.17) is 5.73 Å². The summed E-state index contributed by atoms with van der Waals surface area (Å²) in [6.45, 7) is 1.49. The third kappa shape index (κ3) is 2.58. The van der Waals surface area contributed by atoms with Crippen molar-refractivity contribution in [1.82, 2.24) is 19.6 Å². The van der Waals surface area contributed by atoms with E-state index in [1.165, 1.54) is 0 Å². The van der Waals surface area contributed by atoms with Gasteiger partial charge in [-0.1, -0.05) is 0 Å². The lowest BCUT2D eigenvalue weighted by atomic mass is 9.97. The molecule has 4 heterocycles. The van der Waals surface area contributed by atoms with Gasteiger partial charge in [-0.05, 0) is 25.0 Å². The number of hydrogen-bond donors (Lipinski definition) is 1. The number of piperidine rings is 1. The molecule has 3 aromatic rings. The second kappa shape index (κ2) is 5.92. The Labute approximate surface area is 139 Å². The molecular weight excluding hydrogens is 304 g/mol. The van der Waals surface area contributed by atoms with Crippen LogP contribution in [0.4, 0.5) is 5.82 Å². The number of fused-ring (bicyclic) bond motifs is 1. The first-order chi connectivity index (χ1) is 11.7. The van der Waals surface area contributed by atoms with Gasteiger partial charge < -0.3 is 10.6 Å². The normalized spacial score (nSPS) is 18.0. The minimum absolute atomic E-state index is 0.123. The van der Waals surface area contributed by atoms with E-state index in [-0.39, 0.29) is 11.8 Å². The fraction of sp³-hybridized carbons (Fsp3) is 0.294. The van der Waals surface area contributed by atoms with Crippen LogP contribution in [0.2, 0.25) is 0 Å². The molecule has 0 bridgehead atoms. The number of nitrogens with zero attached hydrogens (tertiary/aromatic N) is 5. The van der Waals surface area contributed by atoms with Crippen LogP contribution >= 0.6 is 0 Å². The van der Waals surface area contributed by atoms with E-state index in [9.17, 15) is 4.79 Å². The van der Waals surface area contributed by atoms with Crippen LogP contribution in [-0.2, 0) is 4.79 Å². The third-order valence-corrected chi connectivity index (χ3v) is 4.46. The van der Waals surface area contributed by atoms with E-state index < -0.39 is 0 Å². The molecule has 4 rings (SSSR count). The molecule has 1 amide bonds. The Morgan fingerprint density at radius 1 is 1.21 bits per heavy atom. The predicted octanol–water partition coefficient (Wildman–Crippen LogP) is 1.49. The van der Waals surface area contributed by atoms with Gasteiger partial charge in [-0.3, -0.25) is 9.78 Å². The first-order valence-corrected chi connectivity index (χ1v) is 8.02. The van der Waals surface area contributed by atoms with Crippen molar-refractivity contribution in [2.75, 3.05) is 18.0 Å². The molecule has 3 aromatic heterocycles. The molecule has 7 heteroatoms. The number of pyridine rings is 1. The molecule has 1 fully saturated rings. The first-order valence-electron chi connectivity index (χ1n) is 8.02. The fourth-order valence-corrected chi connectivity index (χ4v) is 3.21. The Bertz CT molecular complexity index is 875. The summed E-state index contributed by atoms with van der Waals surface area (Å²) in [7, 11) is 0. The van der Waals surface area contributed by atoms with Crippen LogP contribution in [0.3, 0.4) is 0 Å². The topological polar surface area (TPSA) is 89.4 Å². The van der Waals surface area contributed by atoms with Crippen molar-refractivity contribution in [3.8, 4) is 11.3 Å². The summed E-state index contributed by atoms with van der Waals surface area (Å²) < 4.78 is 1.81. The van der Waals surface area contributed by atoms with Gasteiger partial charge >= 0.3 is 0 Å². The number of anilines is 1. The quantitative estimate of drug-likeness (QED) is 0.789. The van der Waals surface area contributed by atoms with Gasteiger partial charge in [-0.15, -0.1) is 0 Å². The van der Waals surface area contributed by atoms with Crippen molar-refractivity contribution in [3.63, 3.8) is 0 Å². The van der Waals surface area contributed by atoms with Crippen LogP contribution in [0.1, 0.15) is 12.8 Å². The van der Waals surface area contributed by atoms with Crippen molar-refractivity contribution < 1.29 is 4.79 Å². The number of amides is 1. The molecule has 0 aromatic carbocycles. The highest BCUT2D eigenvalue weighted by Crippen LogP contribution is 2.27. The van der Waals surface area contributed by atoms with E-state index in [2.05, 4.69) is 20.0 Å². The summed E-state index contributed by atoms with van der Waals surface area (Å²) in [5.74, 6) is 0.574. The Kier molecular flexibility index (Phi) is 3.60. The maximum atomic E-state index is 11.6. The van der Waals surface area contributed by atoms with E-state index in [0.29, 0.717) is 6.54 Å². The predicted molar refractivity (Wildman–Crippen MR) is 90.3 cm³/mol. The number of rotatable bonds is 3. The van der Waals surface area contributed by atoms with E-state index in [1.54, 1.807) is 18.6 Å². The second-order valence-corrected chi connectivity index (χ2v) is 6.02. The second-order valence-electron chi connectivity index (χ2n) is 6.02. The van der Waals surface area contributed by atoms with Crippen LogP contribution in [-0.4, -0.2) is 38.6 Å². The number of hydrogen-bond acceptors (Lipinski definition) is 5. The number of primary amides is 1. The number of carbonyl (C=O) groups is 1. The summed E-state index contributed by atoms with van der Waals surface area (Å²) in [4.78, 5) is 22.5. The minimum atomic E-state index is -0.236. The summed E-state index contributed by atoms with van der Waals surface area (Å²) in [5, 5.41) is 4.38. The van der Waals surface area contributed by atoms with Crippen molar-refractivity contribution in [1.29, 1.82) is 0 Å². The average molecular weight is 322 g/mol. The summed E-state index contributed by atoms with van der Waals surface area (Å²) in [6, 6.07) is 7.76. The molecule has 0 unspecified atom stereocenters. The van der Waals surface area contributed by atoms with Gasteiger partial charge in [-0.25, -0.2) is 4.98 Å². The number of carbonyl (C=O) groups excluding carboxylic acids is 1. The lowest BCUT2D eigenvalue weighted by molar-refractivity contribution is -0.122. The third-order valence-electron chi connectivity index (χ3n) is 4.46. The van der Waals surface area contributed by atoms with E-state index in [0.717, 1.165) is 42.1 Å². The highest BCUT2D eigenvalue weighted by Gasteiger charge is 2.26. The molecule has 7 nitrogen and oxygen atoms in total. The fourth-order valence-electron chi connectivity index (χ4n) is 3.21. The average Bonchev–Trinajstić information content (AvgIpc) is 3.10. The molecule has 0 radical (unpaired) electrons. The number of aromatic nitrogens is 4. The maximum Gasteiger partial charge on any atom is 0.222 e. The molecule has 2 N–H and O–H groups in total. The van der Waals surface area contributed by atoms with E-state index >= 15 is 0 Å². The SMILES string of the molecule is NC(=O)[C@@H]1CCCN(c2cc(-c3ccncc3)nc3ccnn23)C1. The standard InChI is InChI=1S/C17H18N6O/c18-17(24)13-2-1-9-22(11-13)16-10-14(12-3-6-19-7-4-12)21-15-5-8-20-23(15)16/h3-8,10,13H,1-2,9,11H2,(H2,18,24)/t13-/m1/s1. The number of nitrogens with two attached hydrogens (primary N) is 1. The van der Waals surface area contributed by atoms with Gasteiger partial charge in [0.05, 0.1) is 17.8 Å². The summed E-state index contributed by atoms with van der Waals surface area (Å²) in [6.07, 6.45) is 7.01. The lowest BCUT2D eigenvalue weighted by Gasteiger charge is -2.33. The molecule has 1 aliphatic rings. The zero-order chi connectivity index (χ0) is 16.5. The van der Waals surface area contributed by atoms with Gasteiger partial charge in [0.25, 0.3) is 0 Å². The summed E-state index contributed by atoms with van der Waals surface area (Å²) in [5.41, 5.74) is 8.15. The van der Waals surface area contributed by atoms with Gasteiger partial charge in [0.15, 0.2) is 5.65 Å². The highest BCUT2D eigenvalue weighted by molar-refractivity contribution is 5.77. The Morgan fingerprint density at radius 2 is 2.04 bits per heavy atom. The van der Waals surface area contributed by atoms with Gasteiger partial charge in [0.2, 0.25) is 5.91 Å². The summed E-state index contributed by atoms with van der Waals surface area (Å²) >= 11 is 0. The molecule has 1 aliphatic heterocycles. The van der Waals surface area contributed by atoms with E-state index in [1.807, 2.05) is 28.8 Å². The van der Waals surface area contributed by atoms with Gasteiger partial charge in [0, 0.05) is 43.2 Å². The largest absolute Gasteiger partial charge is 0.369 e. The van der Waals surface area contributed by atoms with Crippen molar-refractivity contribution in [2.24, 2.45) is 11.7 Å². The lowest BCUT2D eigenvalue weighted by Crippen LogP contribution is -2.42. The van der Waals surface area contributed by atoms with Crippen molar-refractivity contribution >= 4 is 17.4 Å². The van der Waals surface area contributed by atoms with Crippen molar-refractivity contribution in [2.45, 2.75) is 12.8 Å². The molecule has 1 atom stereocenters.